The zero-order chi connectivity index (χ0) is 11.4. The van der Waals surface area contributed by atoms with Gasteiger partial charge in [0.05, 0.1) is 0 Å². The third kappa shape index (κ3) is 1.82. The number of nitriles is 1. The Morgan fingerprint density at radius 3 is 3.00 bits per heavy atom. The van der Waals surface area contributed by atoms with Gasteiger partial charge in [0, 0.05) is 11.6 Å². The van der Waals surface area contributed by atoms with E-state index in [2.05, 4.69) is 11.9 Å². The Kier molecular flexibility index (Phi) is 3.02. The molecule has 1 heterocycles. The lowest BCUT2D eigenvalue weighted by Crippen LogP contribution is -1.96. The van der Waals surface area contributed by atoms with Gasteiger partial charge in [-0.2, -0.15) is 5.26 Å². The molecule has 0 fully saturated rings. The first-order valence-electron chi connectivity index (χ1n) is 5.23. The fourth-order valence-electron chi connectivity index (χ4n) is 1.74. The van der Waals surface area contributed by atoms with Gasteiger partial charge in [-0.15, -0.1) is 0 Å². The van der Waals surface area contributed by atoms with Crippen LogP contribution in [0.4, 0.5) is 0 Å². The van der Waals surface area contributed by atoms with E-state index in [1.165, 1.54) is 5.56 Å². The molecule has 0 atom stereocenters. The zero-order valence-electron chi connectivity index (χ0n) is 9.10. The van der Waals surface area contributed by atoms with Crippen LogP contribution in [0, 0.1) is 11.3 Å². The van der Waals surface area contributed by atoms with Gasteiger partial charge in [0.25, 0.3) is 0 Å². The summed E-state index contributed by atoms with van der Waals surface area (Å²) in [6, 6.07) is 9.80. The molecular weight excluding hydrogens is 200 g/mol. The number of pyridine rings is 1. The average Bonchev–Trinajstić information content (AvgIpc) is 2.36. The lowest BCUT2D eigenvalue weighted by atomic mass is 10.1. The summed E-state index contributed by atoms with van der Waals surface area (Å²) in [5, 5.41) is 9.60. The minimum absolute atomic E-state index is 0.0527. The molecule has 0 spiro atoms. The summed E-state index contributed by atoms with van der Waals surface area (Å²) in [5.41, 5.74) is 2.07. The number of nitrogens with zero attached hydrogens (tertiary/aromatic N) is 2. The first-order chi connectivity index (χ1) is 7.86. The number of hydrogen-bond acceptors (Lipinski definition) is 3. The molecule has 0 unspecified atom stereocenters. The van der Waals surface area contributed by atoms with E-state index in [9.17, 15) is 0 Å². The number of aryl methyl sites for hydroxylation is 1. The molecule has 0 aliphatic rings. The van der Waals surface area contributed by atoms with Crippen molar-refractivity contribution in [3.63, 3.8) is 0 Å². The molecule has 0 saturated carbocycles. The maximum absolute atomic E-state index is 8.51. The Labute approximate surface area is 94.3 Å². The normalized spacial score (nSPS) is 10.0. The molecule has 1 aromatic heterocycles. The molecule has 0 radical (unpaired) electrons. The Hall–Kier alpha value is -2.08. The number of fused-ring (bicyclic) bond motifs is 1. The highest BCUT2D eigenvalue weighted by Gasteiger charge is 2.06. The first kappa shape index (κ1) is 10.4. The van der Waals surface area contributed by atoms with E-state index in [-0.39, 0.29) is 6.61 Å². The highest BCUT2D eigenvalue weighted by atomic mass is 16.5. The molecule has 0 N–H and O–H groups in total. The molecule has 0 saturated heterocycles. The summed E-state index contributed by atoms with van der Waals surface area (Å²) in [6.07, 6.45) is 2.70. The van der Waals surface area contributed by atoms with E-state index in [0.29, 0.717) is 5.75 Å². The largest absolute Gasteiger partial charge is 0.476 e. The Balaban J connectivity index is 2.56. The summed E-state index contributed by atoms with van der Waals surface area (Å²) < 4.78 is 5.34. The highest BCUT2D eigenvalue weighted by molar-refractivity contribution is 5.87. The quantitative estimate of drug-likeness (QED) is 0.785. The van der Waals surface area contributed by atoms with Crippen molar-refractivity contribution in [1.29, 1.82) is 5.26 Å². The maximum Gasteiger partial charge on any atom is 0.174 e. The Morgan fingerprint density at radius 2 is 2.25 bits per heavy atom. The molecule has 0 bridgehead atoms. The minimum Gasteiger partial charge on any atom is -0.476 e. The second kappa shape index (κ2) is 4.63. The molecule has 2 rings (SSSR count). The zero-order valence-corrected chi connectivity index (χ0v) is 9.10. The van der Waals surface area contributed by atoms with Gasteiger partial charge < -0.3 is 4.74 Å². The molecular formula is C13H12N2O. The number of benzene rings is 1. The van der Waals surface area contributed by atoms with Crippen molar-refractivity contribution < 1.29 is 4.74 Å². The van der Waals surface area contributed by atoms with Crippen LogP contribution in [0.25, 0.3) is 10.9 Å². The van der Waals surface area contributed by atoms with E-state index in [1.807, 2.05) is 30.3 Å². The van der Waals surface area contributed by atoms with E-state index < -0.39 is 0 Å². The van der Waals surface area contributed by atoms with E-state index >= 15 is 0 Å². The lowest BCUT2D eigenvalue weighted by molar-refractivity contribution is 0.372. The SMILES string of the molecule is CCc1ccc(OCC#N)c2ncccc12. The van der Waals surface area contributed by atoms with Crippen LogP contribution in [0.2, 0.25) is 0 Å². The minimum atomic E-state index is 0.0527. The monoisotopic (exact) mass is 212 g/mol. The molecule has 0 aliphatic carbocycles. The van der Waals surface area contributed by atoms with Gasteiger partial charge in [0.1, 0.15) is 17.3 Å². The van der Waals surface area contributed by atoms with Gasteiger partial charge in [0.2, 0.25) is 0 Å². The number of rotatable bonds is 3. The third-order valence-corrected chi connectivity index (χ3v) is 2.50. The average molecular weight is 212 g/mol. The summed E-state index contributed by atoms with van der Waals surface area (Å²) in [5.74, 6) is 0.675. The van der Waals surface area contributed by atoms with Gasteiger partial charge in [-0.05, 0) is 24.1 Å². The number of ether oxygens (including phenoxy) is 1. The van der Waals surface area contributed by atoms with Crippen LogP contribution in [0.15, 0.2) is 30.5 Å². The van der Waals surface area contributed by atoms with E-state index in [1.54, 1.807) is 6.20 Å². The standard InChI is InChI=1S/C13H12N2O/c1-2-10-5-6-12(16-9-7-14)13-11(10)4-3-8-15-13/h3-6,8H,2,9H2,1H3. The number of hydrogen-bond donors (Lipinski definition) is 0. The van der Waals surface area contributed by atoms with Crippen LogP contribution >= 0.6 is 0 Å². The molecule has 0 aliphatic heterocycles. The second-order valence-corrected chi connectivity index (χ2v) is 3.42. The highest BCUT2D eigenvalue weighted by Crippen LogP contribution is 2.26. The molecule has 16 heavy (non-hydrogen) atoms. The van der Waals surface area contributed by atoms with E-state index in [4.69, 9.17) is 10.00 Å². The third-order valence-electron chi connectivity index (χ3n) is 2.50. The van der Waals surface area contributed by atoms with Crippen LogP contribution in [0.5, 0.6) is 5.75 Å². The molecule has 3 nitrogen and oxygen atoms in total. The van der Waals surface area contributed by atoms with E-state index in [0.717, 1.165) is 17.3 Å². The van der Waals surface area contributed by atoms with Gasteiger partial charge in [0.15, 0.2) is 6.61 Å². The fourth-order valence-corrected chi connectivity index (χ4v) is 1.74. The maximum atomic E-state index is 8.51. The fraction of sp³-hybridized carbons (Fsp3) is 0.231. The summed E-state index contributed by atoms with van der Waals surface area (Å²) >= 11 is 0. The van der Waals surface area contributed by atoms with Crippen LogP contribution in [0.3, 0.4) is 0 Å². The van der Waals surface area contributed by atoms with Crippen LogP contribution in [-0.4, -0.2) is 11.6 Å². The summed E-state index contributed by atoms with van der Waals surface area (Å²) in [6.45, 7) is 2.16. The molecule has 0 amide bonds. The van der Waals surface area contributed by atoms with Crippen LogP contribution in [-0.2, 0) is 6.42 Å². The van der Waals surface area contributed by atoms with Crippen molar-refractivity contribution in [2.24, 2.45) is 0 Å². The van der Waals surface area contributed by atoms with Crippen LogP contribution < -0.4 is 4.74 Å². The predicted molar refractivity (Wildman–Crippen MR) is 62.2 cm³/mol. The second-order valence-electron chi connectivity index (χ2n) is 3.42. The van der Waals surface area contributed by atoms with Crippen molar-refractivity contribution in [2.45, 2.75) is 13.3 Å². The van der Waals surface area contributed by atoms with Crippen molar-refractivity contribution in [3.05, 3.63) is 36.0 Å². The Bertz CT molecular complexity index is 543. The van der Waals surface area contributed by atoms with Gasteiger partial charge in [-0.3, -0.25) is 4.98 Å². The summed E-state index contributed by atoms with van der Waals surface area (Å²) in [4.78, 5) is 4.31. The van der Waals surface area contributed by atoms with Crippen molar-refractivity contribution in [3.8, 4) is 11.8 Å². The smallest absolute Gasteiger partial charge is 0.174 e. The lowest BCUT2D eigenvalue weighted by Gasteiger charge is -2.08. The van der Waals surface area contributed by atoms with Crippen LogP contribution in [0.1, 0.15) is 12.5 Å². The van der Waals surface area contributed by atoms with Gasteiger partial charge in [-0.25, -0.2) is 0 Å². The topological polar surface area (TPSA) is 45.9 Å². The molecule has 3 heteroatoms. The van der Waals surface area contributed by atoms with Crippen molar-refractivity contribution in [1.82, 2.24) is 4.98 Å². The van der Waals surface area contributed by atoms with Gasteiger partial charge in [-0.1, -0.05) is 19.1 Å². The Morgan fingerprint density at radius 1 is 1.38 bits per heavy atom. The van der Waals surface area contributed by atoms with Gasteiger partial charge >= 0.3 is 0 Å². The molecule has 2 aromatic rings. The molecule has 1 aromatic carbocycles. The van der Waals surface area contributed by atoms with Crippen molar-refractivity contribution >= 4 is 10.9 Å². The predicted octanol–water partition coefficient (Wildman–Crippen LogP) is 2.70. The van der Waals surface area contributed by atoms with Crippen molar-refractivity contribution in [2.75, 3.05) is 6.61 Å². The molecule has 80 valence electrons. The number of aromatic nitrogens is 1. The summed E-state index contributed by atoms with van der Waals surface area (Å²) in [7, 11) is 0. The first-order valence-corrected chi connectivity index (χ1v) is 5.23.